The van der Waals surface area contributed by atoms with Gasteiger partial charge in [-0.25, -0.2) is 9.97 Å². The zero-order chi connectivity index (χ0) is 15.0. The van der Waals surface area contributed by atoms with Gasteiger partial charge in [-0.15, -0.1) is 11.3 Å². The van der Waals surface area contributed by atoms with E-state index in [9.17, 15) is 9.90 Å². The van der Waals surface area contributed by atoms with Gasteiger partial charge in [0.1, 0.15) is 16.5 Å². The SMILES string of the molecule is CCc1nc(N2CCC[C@H](C(=O)O)C2)c2cc(C)sc2n1. The Morgan fingerprint density at radius 3 is 3.05 bits per heavy atom. The van der Waals surface area contributed by atoms with Crippen molar-refractivity contribution in [1.82, 2.24) is 9.97 Å². The lowest BCUT2D eigenvalue weighted by atomic mass is 9.98. The molecule has 2 aromatic rings. The van der Waals surface area contributed by atoms with Gasteiger partial charge in [-0.3, -0.25) is 4.79 Å². The Labute approximate surface area is 127 Å². The van der Waals surface area contributed by atoms with Crippen molar-refractivity contribution in [2.24, 2.45) is 5.92 Å². The predicted octanol–water partition coefficient (Wildman–Crippen LogP) is 2.86. The average molecular weight is 305 g/mol. The minimum Gasteiger partial charge on any atom is -0.481 e. The van der Waals surface area contributed by atoms with Crippen molar-refractivity contribution in [3.05, 3.63) is 16.8 Å². The summed E-state index contributed by atoms with van der Waals surface area (Å²) >= 11 is 1.67. The number of anilines is 1. The number of aromatic nitrogens is 2. The molecular weight excluding hydrogens is 286 g/mol. The molecular formula is C15H19N3O2S. The molecule has 3 heterocycles. The summed E-state index contributed by atoms with van der Waals surface area (Å²) in [6.07, 6.45) is 2.44. The number of piperidine rings is 1. The van der Waals surface area contributed by atoms with Crippen molar-refractivity contribution in [1.29, 1.82) is 0 Å². The Morgan fingerprint density at radius 1 is 1.52 bits per heavy atom. The number of hydrogen-bond donors (Lipinski definition) is 1. The Morgan fingerprint density at radius 2 is 2.33 bits per heavy atom. The fourth-order valence-corrected chi connectivity index (χ4v) is 3.73. The molecule has 3 rings (SSSR count). The van der Waals surface area contributed by atoms with Crippen LogP contribution in [0.15, 0.2) is 6.07 Å². The predicted molar refractivity (Wildman–Crippen MR) is 84.1 cm³/mol. The highest BCUT2D eigenvalue weighted by Gasteiger charge is 2.27. The summed E-state index contributed by atoms with van der Waals surface area (Å²) in [5, 5.41) is 10.3. The Kier molecular flexibility index (Phi) is 3.80. The monoisotopic (exact) mass is 305 g/mol. The first kappa shape index (κ1) is 14.3. The molecule has 112 valence electrons. The van der Waals surface area contributed by atoms with E-state index in [1.807, 2.05) is 6.92 Å². The lowest BCUT2D eigenvalue weighted by Gasteiger charge is -2.32. The molecule has 0 aliphatic carbocycles. The highest BCUT2D eigenvalue weighted by molar-refractivity contribution is 7.18. The molecule has 2 aromatic heterocycles. The third kappa shape index (κ3) is 2.72. The van der Waals surface area contributed by atoms with Gasteiger partial charge in [-0.05, 0) is 25.8 Å². The van der Waals surface area contributed by atoms with E-state index in [-0.39, 0.29) is 5.92 Å². The molecule has 0 saturated carbocycles. The fraction of sp³-hybridized carbons (Fsp3) is 0.533. The van der Waals surface area contributed by atoms with Crippen molar-refractivity contribution in [3.8, 4) is 0 Å². The molecule has 21 heavy (non-hydrogen) atoms. The van der Waals surface area contributed by atoms with E-state index in [1.54, 1.807) is 11.3 Å². The van der Waals surface area contributed by atoms with Crippen LogP contribution in [0, 0.1) is 12.8 Å². The average Bonchev–Trinajstić information content (AvgIpc) is 2.86. The van der Waals surface area contributed by atoms with Crippen LogP contribution in [0.2, 0.25) is 0 Å². The number of carbonyl (C=O) groups is 1. The molecule has 1 atom stereocenters. The summed E-state index contributed by atoms with van der Waals surface area (Å²) in [5.41, 5.74) is 0. The van der Waals surface area contributed by atoms with E-state index in [4.69, 9.17) is 0 Å². The Hall–Kier alpha value is -1.69. The van der Waals surface area contributed by atoms with Crippen molar-refractivity contribution in [2.45, 2.75) is 33.1 Å². The molecule has 0 radical (unpaired) electrons. The Bertz CT molecular complexity index is 683. The van der Waals surface area contributed by atoms with Crippen molar-refractivity contribution in [2.75, 3.05) is 18.0 Å². The van der Waals surface area contributed by atoms with Gasteiger partial charge in [0.05, 0.1) is 11.3 Å². The zero-order valence-corrected chi connectivity index (χ0v) is 13.1. The number of hydrogen-bond acceptors (Lipinski definition) is 5. The van der Waals surface area contributed by atoms with Gasteiger partial charge in [0, 0.05) is 24.4 Å². The van der Waals surface area contributed by atoms with Crippen LogP contribution in [0.25, 0.3) is 10.2 Å². The van der Waals surface area contributed by atoms with Crippen LogP contribution in [0.1, 0.15) is 30.5 Å². The summed E-state index contributed by atoms with van der Waals surface area (Å²) in [4.78, 5) is 24.9. The maximum Gasteiger partial charge on any atom is 0.308 e. The van der Waals surface area contributed by atoms with Crippen LogP contribution >= 0.6 is 11.3 Å². The van der Waals surface area contributed by atoms with Gasteiger partial charge >= 0.3 is 5.97 Å². The zero-order valence-electron chi connectivity index (χ0n) is 12.3. The summed E-state index contributed by atoms with van der Waals surface area (Å²) in [7, 11) is 0. The molecule has 1 saturated heterocycles. The number of fused-ring (bicyclic) bond motifs is 1. The minimum absolute atomic E-state index is 0.298. The van der Waals surface area contributed by atoms with Crippen LogP contribution in [-0.4, -0.2) is 34.1 Å². The second kappa shape index (κ2) is 5.60. The number of carboxylic acid groups (broad SMARTS) is 1. The number of thiophene rings is 1. The maximum atomic E-state index is 11.3. The first-order valence-electron chi connectivity index (χ1n) is 7.33. The lowest BCUT2D eigenvalue weighted by Crippen LogP contribution is -2.39. The van der Waals surface area contributed by atoms with Gasteiger partial charge in [0.2, 0.25) is 0 Å². The largest absolute Gasteiger partial charge is 0.481 e. The van der Waals surface area contributed by atoms with E-state index in [1.165, 1.54) is 4.88 Å². The highest BCUT2D eigenvalue weighted by Crippen LogP contribution is 2.33. The normalized spacial score (nSPS) is 19.1. The number of aryl methyl sites for hydroxylation is 2. The van der Waals surface area contributed by atoms with Gasteiger partial charge in [-0.1, -0.05) is 6.92 Å². The second-order valence-corrected chi connectivity index (χ2v) is 6.75. The molecule has 1 aliphatic rings. The van der Waals surface area contributed by atoms with Crippen LogP contribution in [0.5, 0.6) is 0 Å². The number of carboxylic acids is 1. The summed E-state index contributed by atoms with van der Waals surface area (Å²) < 4.78 is 0. The van der Waals surface area contributed by atoms with Crippen LogP contribution in [0.4, 0.5) is 5.82 Å². The smallest absolute Gasteiger partial charge is 0.308 e. The summed E-state index contributed by atoms with van der Waals surface area (Å²) in [6, 6.07) is 2.11. The number of aliphatic carboxylic acids is 1. The van der Waals surface area contributed by atoms with E-state index in [2.05, 4.69) is 27.9 Å². The van der Waals surface area contributed by atoms with E-state index < -0.39 is 5.97 Å². The number of nitrogens with zero attached hydrogens (tertiary/aromatic N) is 3. The number of rotatable bonds is 3. The fourth-order valence-electron chi connectivity index (χ4n) is 2.84. The van der Waals surface area contributed by atoms with E-state index in [0.717, 1.165) is 47.7 Å². The minimum atomic E-state index is -0.706. The molecule has 1 aliphatic heterocycles. The maximum absolute atomic E-state index is 11.3. The van der Waals surface area contributed by atoms with Gasteiger partial charge in [0.25, 0.3) is 0 Å². The molecule has 0 amide bonds. The molecule has 0 bridgehead atoms. The standard InChI is InChI=1S/C15H19N3O2S/c1-3-12-16-13(11-7-9(2)21-14(11)17-12)18-6-4-5-10(8-18)15(19)20/h7,10H,3-6,8H2,1-2H3,(H,19,20)/t10-/m0/s1. The molecule has 0 spiro atoms. The van der Waals surface area contributed by atoms with Crippen LogP contribution in [-0.2, 0) is 11.2 Å². The van der Waals surface area contributed by atoms with Gasteiger partial charge < -0.3 is 10.0 Å². The van der Waals surface area contributed by atoms with E-state index in [0.29, 0.717) is 6.54 Å². The molecule has 1 N–H and O–H groups in total. The van der Waals surface area contributed by atoms with Gasteiger partial charge in [0.15, 0.2) is 0 Å². The molecule has 1 fully saturated rings. The van der Waals surface area contributed by atoms with E-state index >= 15 is 0 Å². The van der Waals surface area contributed by atoms with Crippen molar-refractivity contribution in [3.63, 3.8) is 0 Å². The highest BCUT2D eigenvalue weighted by atomic mass is 32.1. The first-order chi connectivity index (χ1) is 10.1. The summed E-state index contributed by atoms with van der Waals surface area (Å²) in [5.74, 6) is 0.736. The van der Waals surface area contributed by atoms with Crippen LogP contribution < -0.4 is 4.90 Å². The molecule has 0 unspecified atom stereocenters. The lowest BCUT2D eigenvalue weighted by molar-refractivity contribution is -0.141. The third-order valence-electron chi connectivity index (χ3n) is 3.93. The Balaban J connectivity index is 2.03. The molecule has 6 heteroatoms. The van der Waals surface area contributed by atoms with Crippen LogP contribution in [0.3, 0.4) is 0 Å². The van der Waals surface area contributed by atoms with Gasteiger partial charge in [-0.2, -0.15) is 0 Å². The second-order valence-electron chi connectivity index (χ2n) is 5.52. The third-order valence-corrected chi connectivity index (χ3v) is 4.87. The molecule has 0 aromatic carbocycles. The summed E-state index contributed by atoms with van der Waals surface area (Å²) in [6.45, 7) is 5.52. The first-order valence-corrected chi connectivity index (χ1v) is 8.15. The topological polar surface area (TPSA) is 66.3 Å². The van der Waals surface area contributed by atoms with Crippen molar-refractivity contribution < 1.29 is 9.90 Å². The van der Waals surface area contributed by atoms with Crippen molar-refractivity contribution >= 4 is 33.3 Å². The quantitative estimate of drug-likeness (QED) is 0.944. The molecule has 5 nitrogen and oxygen atoms in total.